The Morgan fingerprint density at radius 2 is 0.815 bits per heavy atom. The first-order chi connectivity index (χ1) is 25.2. The molecule has 21 heteroatoms. The lowest BCUT2D eigenvalue weighted by Crippen LogP contribution is -2.20. The molecular formula is C33H26N4O13S4. The van der Waals surface area contributed by atoms with Crippen LogP contribution in [0.3, 0.4) is 0 Å². The number of phenolic OH excluding ortho intramolecular Hbond substituents is 2. The van der Waals surface area contributed by atoms with Gasteiger partial charge in [-0.25, -0.2) is 21.6 Å². The molecule has 2 amide bonds. The summed E-state index contributed by atoms with van der Waals surface area (Å²) in [6.07, 6.45) is 0. The van der Waals surface area contributed by atoms with Crippen molar-refractivity contribution >= 4 is 90.6 Å². The zero-order valence-corrected chi connectivity index (χ0v) is 30.3. The second kappa shape index (κ2) is 13.8. The van der Waals surface area contributed by atoms with Gasteiger partial charge in [0.1, 0.15) is 11.5 Å². The molecule has 0 saturated carbocycles. The van der Waals surface area contributed by atoms with Gasteiger partial charge in [-0.05, 0) is 60.7 Å². The highest BCUT2D eigenvalue weighted by atomic mass is 32.2. The quantitative estimate of drug-likeness (QED) is 0.0833. The fraction of sp³-hybridized carbons (Fsp3) is 0. The molecule has 0 aromatic heterocycles. The van der Waals surface area contributed by atoms with Crippen molar-refractivity contribution in [3.8, 4) is 11.5 Å². The van der Waals surface area contributed by atoms with Crippen LogP contribution < -0.4 is 20.1 Å². The Bertz CT molecular complexity index is 2770. The van der Waals surface area contributed by atoms with E-state index < -0.39 is 67.6 Å². The molecule has 0 heterocycles. The zero-order chi connectivity index (χ0) is 39.2. The average molecular weight is 815 g/mol. The van der Waals surface area contributed by atoms with E-state index in [-0.39, 0.29) is 54.1 Å². The Morgan fingerprint density at radius 1 is 0.444 bits per heavy atom. The van der Waals surface area contributed by atoms with Crippen molar-refractivity contribution in [1.29, 1.82) is 0 Å². The molecule has 0 aliphatic heterocycles. The number of fused-ring (bicyclic) bond motifs is 2. The molecule has 0 aliphatic carbocycles. The summed E-state index contributed by atoms with van der Waals surface area (Å²) >= 11 is 0. The van der Waals surface area contributed by atoms with Gasteiger partial charge in [0.25, 0.3) is 40.3 Å². The Kier molecular flexibility index (Phi) is 9.64. The van der Waals surface area contributed by atoms with Gasteiger partial charge in [-0.15, -0.1) is 0 Å². The average Bonchev–Trinajstić information content (AvgIpc) is 3.08. The van der Waals surface area contributed by atoms with Crippen molar-refractivity contribution in [3.63, 3.8) is 0 Å². The molecule has 8 N–H and O–H groups in total. The summed E-state index contributed by atoms with van der Waals surface area (Å²) in [6.45, 7) is 0. The summed E-state index contributed by atoms with van der Waals surface area (Å²) in [5, 5.41) is 25.6. The first-order valence-electron chi connectivity index (χ1n) is 15.0. The molecule has 6 aromatic carbocycles. The number of carbonyl (C=O) groups excluding carboxylic acids is 1. The van der Waals surface area contributed by atoms with Crippen LogP contribution in [-0.2, 0) is 40.3 Å². The number of amides is 2. The molecule has 0 unspecified atom stereocenters. The van der Waals surface area contributed by atoms with E-state index in [0.717, 1.165) is 36.4 Å². The van der Waals surface area contributed by atoms with Gasteiger partial charge in [0.05, 0.1) is 31.0 Å². The van der Waals surface area contributed by atoms with Crippen LogP contribution in [0.25, 0.3) is 21.5 Å². The number of carbonyl (C=O) groups is 1. The van der Waals surface area contributed by atoms with Gasteiger partial charge in [-0.2, -0.15) is 16.8 Å². The summed E-state index contributed by atoms with van der Waals surface area (Å²) in [7, 11) is -18.3. The van der Waals surface area contributed by atoms with E-state index in [1.165, 1.54) is 72.8 Å². The maximum atomic E-state index is 13.4. The van der Waals surface area contributed by atoms with Crippen LogP contribution in [-0.4, -0.2) is 59.0 Å². The van der Waals surface area contributed by atoms with Crippen LogP contribution in [0.15, 0.2) is 129 Å². The number of hydrogen-bond acceptors (Lipinski definition) is 11. The van der Waals surface area contributed by atoms with Crippen LogP contribution in [0.4, 0.5) is 27.5 Å². The number of hydrogen-bond donors (Lipinski definition) is 8. The van der Waals surface area contributed by atoms with Gasteiger partial charge in [0.2, 0.25) is 0 Å². The minimum Gasteiger partial charge on any atom is -0.507 e. The first-order valence-corrected chi connectivity index (χ1v) is 20.9. The highest BCUT2D eigenvalue weighted by molar-refractivity contribution is 7.93. The van der Waals surface area contributed by atoms with Crippen molar-refractivity contribution in [3.05, 3.63) is 109 Å². The van der Waals surface area contributed by atoms with Gasteiger partial charge >= 0.3 is 6.03 Å². The van der Waals surface area contributed by atoms with Gasteiger partial charge in [0, 0.05) is 45.1 Å². The minimum atomic E-state index is -4.75. The number of phenols is 2. The largest absolute Gasteiger partial charge is 0.507 e. The van der Waals surface area contributed by atoms with Crippen molar-refractivity contribution in [2.24, 2.45) is 0 Å². The van der Waals surface area contributed by atoms with E-state index in [4.69, 9.17) is 0 Å². The monoisotopic (exact) mass is 814 g/mol. The third-order valence-electron chi connectivity index (χ3n) is 7.78. The van der Waals surface area contributed by atoms with E-state index in [1.807, 2.05) is 0 Å². The standard InChI is InChI=1S/C33H26N4O13S4/c38-31-17-23(53(45,46)47)15-27-25(31)9-3-11-29(27)36-51(41,42)21-7-1-5-19(13-21)34-33(40)35-20-6-2-8-22(14-20)52(43,44)37-30-12-4-10-26-28(30)16-24(18-32(26)39)54(48,49)50/h1-18,36-39H,(H2,34,35,40)(H,45,46,47)(H,48,49,50). The zero-order valence-electron chi connectivity index (χ0n) is 27.0. The van der Waals surface area contributed by atoms with Crippen molar-refractivity contribution in [2.75, 3.05) is 20.1 Å². The fourth-order valence-electron chi connectivity index (χ4n) is 5.34. The maximum Gasteiger partial charge on any atom is 0.323 e. The van der Waals surface area contributed by atoms with Crippen LogP contribution in [0.2, 0.25) is 0 Å². The van der Waals surface area contributed by atoms with Crippen LogP contribution in [0, 0.1) is 0 Å². The molecule has 17 nitrogen and oxygen atoms in total. The van der Waals surface area contributed by atoms with Crippen LogP contribution in [0.1, 0.15) is 0 Å². The highest BCUT2D eigenvalue weighted by Gasteiger charge is 2.22. The van der Waals surface area contributed by atoms with E-state index in [2.05, 4.69) is 20.1 Å². The molecule has 0 aliphatic rings. The molecule has 0 bridgehead atoms. The lowest BCUT2D eigenvalue weighted by Gasteiger charge is -2.14. The lowest BCUT2D eigenvalue weighted by molar-refractivity contribution is 0.262. The number of anilines is 4. The van der Waals surface area contributed by atoms with Crippen molar-refractivity contribution in [1.82, 2.24) is 0 Å². The predicted octanol–water partition coefficient (Wildman–Crippen LogP) is 5.14. The maximum absolute atomic E-state index is 13.4. The summed E-state index contributed by atoms with van der Waals surface area (Å²) < 4.78 is 124. The van der Waals surface area contributed by atoms with Crippen LogP contribution >= 0.6 is 0 Å². The minimum absolute atomic E-state index is 0.00601. The molecule has 0 atom stereocenters. The van der Waals surface area contributed by atoms with E-state index in [1.54, 1.807) is 0 Å². The molecule has 54 heavy (non-hydrogen) atoms. The number of benzene rings is 6. The number of aromatic hydroxyl groups is 2. The number of nitrogens with one attached hydrogen (secondary N) is 4. The second-order valence-corrected chi connectivity index (χ2v) is 17.7. The fourth-order valence-corrected chi connectivity index (χ4v) is 8.64. The Balaban J connectivity index is 1.20. The molecule has 280 valence electrons. The molecular weight excluding hydrogens is 789 g/mol. The molecule has 6 aromatic rings. The summed E-state index contributed by atoms with van der Waals surface area (Å²) in [5.74, 6) is -1.05. The lowest BCUT2D eigenvalue weighted by atomic mass is 10.1. The second-order valence-electron chi connectivity index (χ2n) is 11.5. The third-order valence-corrected chi connectivity index (χ3v) is 12.2. The smallest absolute Gasteiger partial charge is 0.323 e. The summed E-state index contributed by atoms with van der Waals surface area (Å²) in [5.41, 5.74) is -0.271. The van der Waals surface area contributed by atoms with Crippen molar-refractivity contribution in [2.45, 2.75) is 19.6 Å². The number of urea groups is 1. The first kappa shape index (κ1) is 37.8. The Morgan fingerprint density at radius 3 is 1.19 bits per heavy atom. The Hall–Kier alpha value is -5.97. The van der Waals surface area contributed by atoms with Gasteiger partial charge in [-0.3, -0.25) is 18.5 Å². The molecule has 0 fully saturated rings. The molecule has 6 rings (SSSR count). The summed E-state index contributed by atoms with van der Waals surface area (Å²) in [6, 6.07) is 20.9. The van der Waals surface area contributed by atoms with Crippen molar-refractivity contribution < 1.29 is 57.8 Å². The normalized spacial score (nSPS) is 12.3. The van der Waals surface area contributed by atoms with Gasteiger partial charge in [-0.1, -0.05) is 36.4 Å². The van der Waals surface area contributed by atoms with E-state index in [0.29, 0.717) is 0 Å². The van der Waals surface area contributed by atoms with E-state index >= 15 is 0 Å². The Labute approximate surface area is 307 Å². The SMILES string of the molecule is O=C(Nc1cccc(S(=O)(=O)Nc2cccc3c(O)cc(S(=O)(=O)O)cc23)c1)Nc1cccc(S(=O)(=O)Nc2cccc3c(O)cc(S(=O)(=O)O)cc23)c1. The summed E-state index contributed by atoms with van der Waals surface area (Å²) in [4.78, 5) is 10.9. The predicted molar refractivity (Wildman–Crippen MR) is 198 cm³/mol. The molecule has 0 spiro atoms. The highest BCUT2D eigenvalue weighted by Crippen LogP contribution is 2.36. The number of rotatable bonds is 10. The number of sulfonamides is 2. The topological polar surface area (TPSA) is 283 Å². The molecule has 0 radical (unpaired) electrons. The van der Waals surface area contributed by atoms with E-state index in [9.17, 15) is 57.8 Å². The third kappa shape index (κ3) is 8.00. The van der Waals surface area contributed by atoms with Gasteiger partial charge in [0.15, 0.2) is 0 Å². The molecule has 0 saturated heterocycles. The van der Waals surface area contributed by atoms with Crippen LogP contribution in [0.5, 0.6) is 11.5 Å². The van der Waals surface area contributed by atoms with Gasteiger partial charge < -0.3 is 20.8 Å².